The van der Waals surface area contributed by atoms with Crippen molar-refractivity contribution in [3.05, 3.63) is 18.2 Å². The van der Waals surface area contributed by atoms with E-state index in [2.05, 4.69) is 10.3 Å². The Labute approximate surface area is 99.2 Å². The number of rotatable bonds is 3. The zero-order valence-corrected chi connectivity index (χ0v) is 10.3. The quantitative estimate of drug-likeness (QED) is 0.810. The number of thioether (sulfide) groups is 1. The Kier molecular flexibility index (Phi) is 3.50. The topological polar surface area (TPSA) is 50.2 Å². The van der Waals surface area contributed by atoms with Gasteiger partial charge in [0.05, 0.1) is 12.6 Å². The standard InChI is InChI=1S/C10H16N4OS/c1-13-4-3-11-9(13)5-14(2)10(15)8-6-16-7-12-8/h3-4,8,12H,5-7H2,1-2H3. The van der Waals surface area contributed by atoms with Crippen molar-refractivity contribution in [2.75, 3.05) is 18.7 Å². The average Bonchev–Trinajstić information content (AvgIpc) is 2.89. The molecule has 1 aliphatic rings. The number of carbonyl (C=O) groups excluding carboxylic acids is 1. The Morgan fingerprint density at radius 3 is 3.19 bits per heavy atom. The van der Waals surface area contributed by atoms with Crippen molar-refractivity contribution in [3.8, 4) is 0 Å². The fourth-order valence-electron chi connectivity index (χ4n) is 1.66. The molecular formula is C10H16N4OS. The third-order valence-electron chi connectivity index (χ3n) is 2.69. The van der Waals surface area contributed by atoms with Crippen LogP contribution in [0.3, 0.4) is 0 Å². The van der Waals surface area contributed by atoms with Gasteiger partial charge in [-0.3, -0.25) is 10.1 Å². The fourth-order valence-corrected chi connectivity index (χ4v) is 2.59. The highest BCUT2D eigenvalue weighted by Gasteiger charge is 2.25. The molecule has 1 fully saturated rings. The Morgan fingerprint density at radius 2 is 2.62 bits per heavy atom. The summed E-state index contributed by atoms with van der Waals surface area (Å²) in [6.45, 7) is 0.561. The van der Waals surface area contributed by atoms with Crippen LogP contribution in [0.25, 0.3) is 0 Å². The molecule has 0 spiro atoms. The minimum absolute atomic E-state index is 0.0322. The molecule has 0 aliphatic carbocycles. The van der Waals surface area contributed by atoms with Crippen molar-refractivity contribution in [2.45, 2.75) is 12.6 Å². The number of aryl methyl sites for hydroxylation is 1. The molecule has 1 aliphatic heterocycles. The number of aromatic nitrogens is 2. The number of amides is 1. The highest BCUT2D eigenvalue weighted by Crippen LogP contribution is 2.12. The van der Waals surface area contributed by atoms with Crippen LogP contribution in [0.15, 0.2) is 12.4 Å². The Bertz CT molecular complexity index is 373. The molecule has 1 saturated heterocycles. The van der Waals surface area contributed by atoms with Crippen LogP contribution in [0.5, 0.6) is 0 Å². The third kappa shape index (κ3) is 2.38. The number of likely N-dealkylation sites (N-methyl/N-ethyl adjacent to an activating group) is 1. The van der Waals surface area contributed by atoms with Gasteiger partial charge in [-0.15, -0.1) is 11.8 Å². The van der Waals surface area contributed by atoms with Gasteiger partial charge in [-0.05, 0) is 0 Å². The maximum atomic E-state index is 12.0. The molecule has 0 bridgehead atoms. The third-order valence-corrected chi connectivity index (χ3v) is 3.63. The number of carbonyl (C=O) groups is 1. The van der Waals surface area contributed by atoms with E-state index >= 15 is 0 Å². The maximum absolute atomic E-state index is 12.0. The number of hydrogen-bond acceptors (Lipinski definition) is 4. The molecule has 2 rings (SSSR count). The second-order valence-corrected chi connectivity index (χ2v) is 4.95. The highest BCUT2D eigenvalue weighted by molar-refractivity contribution is 7.99. The van der Waals surface area contributed by atoms with Crippen molar-refractivity contribution < 1.29 is 4.79 Å². The molecule has 0 aromatic carbocycles. The lowest BCUT2D eigenvalue weighted by atomic mass is 10.3. The molecule has 0 saturated carbocycles. The molecule has 1 N–H and O–H groups in total. The second kappa shape index (κ2) is 4.88. The fraction of sp³-hybridized carbons (Fsp3) is 0.600. The van der Waals surface area contributed by atoms with Gasteiger partial charge in [0.25, 0.3) is 0 Å². The molecule has 5 nitrogen and oxygen atoms in total. The van der Waals surface area contributed by atoms with E-state index in [4.69, 9.17) is 0 Å². The van der Waals surface area contributed by atoms with E-state index in [0.29, 0.717) is 6.54 Å². The van der Waals surface area contributed by atoms with Gasteiger partial charge >= 0.3 is 0 Å². The molecule has 1 aromatic rings. The summed E-state index contributed by atoms with van der Waals surface area (Å²) >= 11 is 1.76. The number of nitrogens with zero attached hydrogens (tertiary/aromatic N) is 3. The summed E-state index contributed by atoms with van der Waals surface area (Å²) in [4.78, 5) is 17.9. The lowest BCUT2D eigenvalue weighted by molar-refractivity contribution is -0.132. The number of hydrogen-bond donors (Lipinski definition) is 1. The summed E-state index contributed by atoms with van der Waals surface area (Å²) in [5.41, 5.74) is 0. The molecule has 2 heterocycles. The zero-order chi connectivity index (χ0) is 11.5. The SMILES string of the molecule is CN(Cc1nccn1C)C(=O)C1CSCN1. The van der Waals surface area contributed by atoms with E-state index in [1.54, 1.807) is 22.9 Å². The number of imidazole rings is 1. The average molecular weight is 240 g/mol. The van der Waals surface area contributed by atoms with Crippen LogP contribution < -0.4 is 5.32 Å². The number of nitrogens with one attached hydrogen (secondary N) is 1. The molecule has 16 heavy (non-hydrogen) atoms. The monoisotopic (exact) mass is 240 g/mol. The van der Waals surface area contributed by atoms with Crippen molar-refractivity contribution in [2.24, 2.45) is 7.05 Å². The first-order valence-electron chi connectivity index (χ1n) is 5.21. The summed E-state index contributed by atoms with van der Waals surface area (Å²) in [5, 5.41) is 3.18. The van der Waals surface area contributed by atoms with Gasteiger partial charge in [-0.25, -0.2) is 4.98 Å². The van der Waals surface area contributed by atoms with Gasteiger partial charge in [0.1, 0.15) is 5.82 Å². The summed E-state index contributed by atoms with van der Waals surface area (Å²) in [5.74, 6) is 2.78. The maximum Gasteiger partial charge on any atom is 0.240 e. The first-order valence-corrected chi connectivity index (χ1v) is 6.36. The lowest BCUT2D eigenvalue weighted by Crippen LogP contribution is -2.43. The Morgan fingerprint density at radius 1 is 1.81 bits per heavy atom. The van der Waals surface area contributed by atoms with E-state index in [1.807, 2.05) is 24.9 Å². The summed E-state index contributed by atoms with van der Waals surface area (Å²) in [6, 6.07) is -0.0322. The highest BCUT2D eigenvalue weighted by atomic mass is 32.2. The van der Waals surface area contributed by atoms with Crippen molar-refractivity contribution in [3.63, 3.8) is 0 Å². The van der Waals surface area contributed by atoms with Gasteiger partial charge < -0.3 is 9.47 Å². The largest absolute Gasteiger partial charge is 0.337 e. The van der Waals surface area contributed by atoms with E-state index in [9.17, 15) is 4.79 Å². The van der Waals surface area contributed by atoms with Gasteiger partial charge in [-0.2, -0.15) is 0 Å². The van der Waals surface area contributed by atoms with Crippen LogP contribution in [-0.2, 0) is 18.4 Å². The van der Waals surface area contributed by atoms with Crippen LogP contribution in [0.1, 0.15) is 5.82 Å². The molecule has 1 unspecified atom stereocenters. The van der Waals surface area contributed by atoms with Crippen molar-refractivity contribution in [1.29, 1.82) is 0 Å². The predicted octanol–water partition coefficient (Wildman–Crippen LogP) is 0.0410. The van der Waals surface area contributed by atoms with Gasteiger partial charge in [-0.1, -0.05) is 0 Å². The molecule has 1 amide bonds. The molecular weight excluding hydrogens is 224 g/mol. The van der Waals surface area contributed by atoms with Gasteiger partial charge in [0, 0.05) is 38.1 Å². The molecule has 88 valence electrons. The van der Waals surface area contributed by atoms with Crippen molar-refractivity contribution in [1.82, 2.24) is 19.8 Å². The lowest BCUT2D eigenvalue weighted by Gasteiger charge is -2.20. The van der Waals surface area contributed by atoms with Gasteiger partial charge in [0.2, 0.25) is 5.91 Å². The first-order chi connectivity index (χ1) is 7.68. The van der Waals surface area contributed by atoms with Crippen molar-refractivity contribution >= 4 is 17.7 Å². The van der Waals surface area contributed by atoms with Crippen LogP contribution in [-0.4, -0.2) is 45.1 Å². The first kappa shape index (κ1) is 11.5. The zero-order valence-electron chi connectivity index (χ0n) is 9.51. The van der Waals surface area contributed by atoms with E-state index < -0.39 is 0 Å². The Balaban J connectivity index is 1.94. The van der Waals surface area contributed by atoms with Crippen LogP contribution in [0.4, 0.5) is 0 Å². The molecule has 0 radical (unpaired) electrons. The summed E-state index contributed by atoms with van der Waals surface area (Å²) < 4.78 is 1.93. The minimum atomic E-state index is -0.0322. The molecule has 1 aromatic heterocycles. The minimum Gasteiger partial charge on any atom is -0.337 e. The van der Waals surface area contributed by atoms with Crippen LogP contribution in [0, 0.1) is 0 Å². The van der Waals surface area contributed by atoms with E-state index in [0.717, 1.165) is 17.5 Å². The smallest absolute Gasteiger partial charge is 0.240 e. The summed E-state index contributed by atoms with van der Waals surface area (Å²) in [7, 11) is 3.76. The van der Waals surface area contributed by atoms with Crippen LogP contribution in [0.2, 0.25) is 0 Å². The van der Waals surface area contributed by atoms with E-state index in [1.165, 1.54) is 0 Å². The predicted molar refractivity (Wildman–Crippen MR) is 63.9 cm³/mol. The van der Waals surface area contributed by atoms with E-state index in [-0.39, 0.29) is 11.9 Å². The normalized spacial score (nSPS) is 20.0. The second-order valence-electron chi connectivity index (χ2n) is 3.92. The summed E-state index contributed by atoms with van der Waals surface area (Å²) in [6.07, 6.45) is 3.63. The Hall–Kier alpha value is -1.01. The van der Waals surface area contributed by atoms with Crippen LogP contribution >= 0.6 is 11.8 Å². The molecule has 6 heteroatoms. The molecule has 1 atom stereocenters. The van der Waals surface area contributed by atoms with Gasteiger partial charge in [0.15, 0.2) is 0 Å².